The molecule has 1 aromatic carbocycles. The third kappa shape index (κ3) is 4.78. The van der Waals surface area contributed by atoms with E-state index in [0.29, 0.717) is 0 Å². The Hall–Kier alpha value is -1.47. The number of alkyl halides is 3. The van der Waals surface area contributed by atoms with Gasteiger partial charge in [0.1, 0.15) is 5.75 Å². The zero-order valence-corrected chi connectivity index (χ0v) is 12.8. The lowest BCUT2D eigenvalue weighted by Gasteiger charge is -2.23. The Morgan fingerprint density at radius 3 is 2.50 bits per heavy atom. The molecule has 1 aliphatic heterocycles. The summed E-state index contributed by atoms with van der Waals surface area (Å²) < 4.78 is 42.5. The number of carbonyl (C=O) groups excluding carboxylic acids is 1. The molecule has 0 spiro atoms. The second kappa shape index (κ2) is 7.69. The van der Waals surface area contributed by atoms with Gasteiger partial charge >= 0.3 is 6.18 Å². The predicted molar refractivity (Wildman–Crippen MR) is 78.2 cm³/mol. The molecule has 1 aromatic rings. The molecule has 2 rings (SSSR count). The van der Waals surface area contributed by atoms with Crippen LogP contribution in [0.5, 0.6) is 5.75 Å². The van der Waals surface area contributed by atoms with Crippen LogP contribution < -0.4 is 10.1 Å². The number of amides is 1. The van der Waals surface area contributed by atoms with Crippen molar-refractivity contribution in [3.63, 3.8) is 0 Å². The van der Waals surface area contributed by atoms with E-state index in [4.69, 9.17) is 4.74 Å². The van der Waals surface area contributed by atoms with Crippen molar-refractivity contribution in [2.75, 3.05) is 26.7 Å². The summed E-state index contributed by atoms with van der Waals surface area (Å²) >= 11 is 0. The second-order valence-corrected chi connectivity index (χ2v) is 4.96. The van der Waals surface area contributed by atoms with Gasteiger partial charge < -0.3 is 15.0 Å². The average Bonchev–Trinajstić information content (AvgIpc) is 2.97. The SMILES string of the molecule is CN(C(=O)COc1ccc(C(F)(F)F)cc1)C1CCNC1.Cl. The zero-order valence-electron chi connectivity index (χ0n) is 12.0. The van der Waals surface area contributed by atoms with Crippen molar-refractivity contribution in [2.24, 2.45) is 0 Å². The van der Waals surface area contributed by atoms with E-state index in [-0.39, 0.29) is 36.7 Å². The molecule has 1 atom stereocenters. The van der Waals surface area contributed by atoms with Crippen LogP contribution in [0, 0.1) is 0 Å². The van der Waals surface area contributed by atoms with Crippen molar-refractivity contribution in [2.45, 2.75) is 18.6 Å². The van der Waals surface area contributed by atoms with Gasteiger partial charge in [-0.1, -0.05) is 0 Å². The Morgan fingerprint density at radius 1 is 1.36 bits per heavy atom. The minimum Gasteiger partial charge on any atom is -0.484 e. The highest BCUT2D eigenvalue weighted by Crippen LogP contribution is 2.30. The summed E-state index contributed by atoms with van der Waals surface area (Å²) in [6, 6.07) is 4.45. The summed E-state index contributed by atoms with van der Waals surface area (Å²) in [4.78, 5) is 13.5. The molecule has 1 aliphatic rings. The average molecular weight is 339 g/mol. The molecule has 124 valence electrons. The Balaban J connectivity index is 0.00000242. The van der Waals surface area contributed by atoms with Gasteiger partial charge in [0.25, 0.3) is 5.91 Å². The van der Waals surface area contributed by atoms with E-state index in [0.717, 1.165) is 31.6 Å². The third-order valence-corrected chi connectivity index (χ3v) is 3.52. The molecule has 1 N–H and O–H groups in total. The molecule has 4 nitrogen and oxygen atoms in total. The number of benzene rings is 1. The number of carbonyl (C=O) groups is 1. The molecule has 0 bridgehead atoms. The molecule has 1 heterocycles. The van der Waals surface area contributed by atoms with Gasteiger partial charge in [0.15, 0.2) is 6.61 Å². The monoisotopic (exact) mass is 338 g/mol. The maximum Gasteiger partial charge on any atom is 0.416 e. The number of rotatable bonds is 4. The van der Waals surface area contributed by atoms with Crippen LogP contribution in [0.3, 0.4) is 0 Å². The first kappa shape index (κ1) is 18.6. The van der Waals surface area contributed by atoms with Crippen LogP contribution in [-0.4, -0.2) is 43.6 Å². The largest absolute Gasteiger partial charge is 0.484 e. The summed E-state index contributed by atoms with van der Waals surface area (Å²) in [5.41, 5.74) is -0.740. The van der Waals surface area contributed by atoms with Gasteiger partial charge in [-0.2, -0.15) is 13.2 Å². The minimum absolute atomic E-state index is 0. The van der Waals surface area contributed by atoms with Crippen molar-refractivity contribution >= 4 is 18.3 Å². The number of hydrogen-bond acceptors (Lipinski definition) is 3. The first-order chi connectivity index (χ1) is 9.88. The molecule has 22 heavy (non-hydrogen) atoms. The van der Waals surface area contributed by atoms with Crippen molar-refractivity contribution in [1.29, 1.82) is 0 Å². The fraction of sp³-hybridized carbons (Fsp3) is 0.500. The van der Waals surface area contributed by atoms with Gasteiger partial charge in [-0.15, -0.1) is 12.4 Å². The van der Waals surface area contributed by atoms with Gasteiger partial charge in [-0.25, -0.2) is 0 Å². The van der Waals surface area contributed by atoms with E-state index in [2.05, 4.69) is 5.32 Å². The van der Waals surface area contributed by atoms with Gasteiger partial charge in [0.2, 0.25) is 0 Å². The Labute approximate surface area is 133 Å². The van der Waals surface area contributed by atoms with Gasteiger partial charge in [0.05, 0.1) is 5.56 Å². The minimum atomic E-state index is -4.37. The van der Waals surface area contributed by atoms with Crippen LogP contribution in [0.2, 0.25) is 0 Å². The molecule has 0 radical (unpaired) electrons. The highest BCUT2D eigenvalue weighted by Gasteiger charge is 2.30. The maximum atomic E-state index is 12.4. The molecular weight excluding hydrogens is 321 g/mol. The highest BCUT2D eigenvalue weighted by molar-refractivity contribution is 5.85. The van der Waals surface area contributed by atoms with E-state index in [9.17, 15) is 18.0 Å². The molecule has 0 aromatic heterocycles. The number of likely N-dealkylation sites (N-methyl/N-ethyl adjacent to an activating group) is 1. The van der Waals surface area contributed by atoms with Crippen LogP contribution in [-0.2, 0) is 11.0 Å². The first-order valence-corrected chi connectivity index (χ1v) is 6.64. The molecule has 1 unspecified atom stereocenters. The summed E-state index contributed by atoms with van der Waals surface area (Å²) in [5.74, 6) is 0.0536. The number of halogens is 4. The fourth-order valence-corrected chi connectivity index (χ4v) is 2.16. The lowest BCUT2D eigenvalue weighted by Crippen LogP contribution is -2.40. The van der Waals surface area contributed by atoms with E-state index in [1.54, 1.807) is 11.9 Å². The van der Waals surface area contributed by atoms with Crippen LogP contribution in [0.1, 0.15) is 12.0 Å². The van der Waals surface area contributed by atoms with Gasteiger partial charge in [-0.3, -0.25) is 4.79 Å². The second-order valence-electron chi connectivity index (χ2n) is 4.96. The van der Waals surface area contributed by atoms with E-state index in [1.165, 1.54) is 12.1 Å². The molecular formula is C14H18ClF3N2O2. The van der Waals surface area contributed by atoms with Crippen LogP contribution >= 0.6 is 12.4 Å². The molecule has 8 heteroatoms. The summed E-state index contributed by atoms with van der Waals surface area (Å²) in [6.45, 7) is 1.45. The topological polar surface area (TPSA) is 41.6 Å². The summed E-state index contributed by atoms with van der Waals surface area (Å²) in [5, 5.41) is 3.16. The van der Waals surface area contributed by atoms with Gasteiger partial charge in [0, 0.05) is 19.6 Å². The quantitative estimate of drug-likeness (QED) is 0.916. The lowest BCUT2D eigenvalue weighted by molar-refractivity contribution is -0.137. The normalized spacial score (nSPS) is 17.7. The van der Waals surface area contributed by atoms with Crippen LogP contribution in [0.25, 0.3) is 0 Å². The van der Waals surface area contributed by atoms with E-state index in [1.807, 2.05) is 0 Å². The van der Waals surface area contributed by atoms with Crippen molar-refractivity contribution in [3.8, 4) is 5.75 Å². The Bertz CT molecular complexity index is 488. The van der Waals surface area contributed by atoms with Crippen LogP contribution in [0.4, 0.5) is 13.2 Å². The molecule has 1 saturated heterocycles. The van der Waals surface area contributed by atoms with Crippen molar-refractivity contribution < 1.29 is 22.7 Å². The fourth-order valence-electron chi connectivity index (χ4n) is 2.16. The lowest BCUT2D eigenvalue weighted by atomic mass is 10.2. The summed E-state index contributed by atoms with van der Waals surface area (Å²) in [6.07, 6.45) is -3.48. The Kier molecular flexibility index (Phi) is 6.49. The maximum absolute atomic E-state index is 12.4. The molecule has 1 amide bonds. The third-order valence-electron chi connectivity index (χ3n) is 3.52. The Morgan fingerprint density at radius 2 is 2.00 bits per heavy atom. The smallest absolute Gasteiger partial charge is 0.416 e. The number of hydrogen-bond donors (Lipinski definition) is 1. The molecule has 0 aliphatic carbocycles. The molecule has 0 saturated carbocycles. The number of ether oxygens (including phenoxy) is 1. The number of nitrogens with one attached hydrogen (secondary N) is 1. The van der Waals surface area contributed by atoms with E-state index >= 15 is 0 Å². The molecule has 1 fully saturated rings. The zero-order chi connectivity index (χ0) is 15.5. The van der Waals surface area contributed by atoms with Crippen molar-refractivity contribution in [1.82, 2.24) is 10.2 Å². The first-order valence-electron chi connectivity index (χ1n) is 6.64. The summed E-state index contributed by atoms with van der Waals surface area (Å²) in [7, 11) is 1.70. The van der Waals surface area contributed by atoms with Gasteiger partial charge in [-0.05, 0) is 37.2 Å². The number of nitrogens with zero attached hydrogens (tertiary/aromatic N) is 1. The van der Waals surface area contributed by atoms with Crippen LogP contribution in [0.15, 0.2) is 24.3 Å². The highest BCUT2D eigenvalue weighted by atomic mass is 35.5. The van der Waals surface area contributed by atoms with Crippen molar-refractivity contribution in [3.05, 3.63) is 29.8 Å². The standard InChI is InChI=1S/C14H17F3N2O2.ClH/c1-19(11-6-7-18-8-11)13(20)9-21-12-4-2-10(3-5-12)14(15,16)17;/h2-5,11,18H,6-9H2,1H3;1H. The van der Waals surface area contributed by atoms with E-state index < -0.39 is 11.7 Å². The predicted octanol–water partition coefficient (Wildman–Crippen LogP) is 2.33.